The van der Waals surface area contributed by atoms with Gasteiger partial charge in [-0.15, -0.1) is 0 Å². The van der Waals surface area contributed by atoms with Crippen molar-refractivity contribution in [3.63, 3.8) is 0 Å². The highest BCUT2D eigenvalue weighted by Gasteiger charge is 2.35. The van der Waals surface area contributed by atoms with E-state index in [4.69, 9.17) is 24.9 Å². The molecule has 10 heteroatoms. The van der Waals surface area contributed by atoms with Crippen LogP contribution in [0.1, 0.15) is 77.3 Å². The molecule has 1 aromatic rings. The molecule has 0 aliphatic carbocycles. The molecule has 0 spiro atoms. The fraction of sp³-hybridized carbons (Fsp3) is 0.571. The Hall–Kier alpha value is -3.17. The second-order valence-electron chi connectivity index (χ2n) is 9.13. The van der Waals surface area contributed by atoms with Gasteiger partial charge in [0.05, 0.1) is 37.4 Å². The number of nitrogens with zero attached hydrogens (tertiary/aromatic N) is 2. The van der Waals surface area contributed by atoms with Crippen molar-refractivity contribution in [2.45, 2.75) is 78.4 Å². The van der Waals surface area contributed by atoms with Gasteiger partial charge in [0.1, 0.15) is 11.8 Å². The number of benzene rings is 1. The molecule has 1 saturated heterocycles. The highest BCUT2D eigenvalue weighted by atomic mass is 19.4. The summed E-state index contributed by atoms with van der Waals surface area (Å²) in [7, 11) is 1.52. The summed E-state index contributed by atoms with van der Waals surface area (Å²) in [5.74, 6) is 0.413. The first-order valence-corrected chi connectivity index (χ1v) is 13.1. The lowest BCUT2D eigenvalue weighted by molar-refractivity contribution is -0.141. The minimum atomic E-state index is -4.62. The first-order valence-electron chi connectivity index (χ1n) is 13.1. The topological polar surface area (TPSA) is 86.4 Å². The summed E-state index contributed by atoms with van der Waals surface area (Å²) >= 11 is 0. The first kappa shape index (κ1) is 31.1. The van der Waals surface area contributed by atoms with Crippen molar-refractivity contribution in [3.05, 3.63) is 46.8 Å². The summed E-state index contributed by atoms with van der Waals surface area (Å²) < 4.78 is 58.1. The number of rotatable bonds is 12. The number of ether oxygens (including phenoxy) is 3. The zero-order valence-electron chi connectivity index (χ0n) is 23.0. The Morgan fingerprint density at radius 1 is 1.21 bits per heavy atom. The Morgan fingerprint density at radius 2 is 1.92 bits per heavy atom. The third kappa shape index (κ3) is 8.70. The van der Waals surface area contributed by atoms with Gasteiger partial charge in [-0.05, 0) is 75.3 Å². The van der Waals surface area contributed by atoms with Gasteiger partial charge in [0, 0.05) is 19.0 Å². The van der Waals surface area contributed by atoms with Gasteiger partial charge in [-0.3, -0.25) is 4.79 Å². The largest absolute Gasteiger partial charge is 0.493 e. The summed E-state index contributed by atoms with van der Waals surface area (Å²) in [6, 6.07) is 3.81. The predicted molar refractivity (Wildman–Crippen MR) is 142 cm³/mol. The molecule has 2 N–H and O–H groups in total. The molecule has 0 aromatic heterocycles. The van der Waals surface area contributed by atoms with Crippen LogP contribution in [0.15, 0.2) is 40.7 Å². The lowest BCUT2D eigenvalue weighted by Gasteiger charge is -2.27. The molecular weight excluding hydrogens is 499 g/mol. The van der Waals surface area contributed by atoms with Crippen molar-refractivity contribution >= 4 is 17.6 Å². The Labute approximate surface area is 223 Å². The number of hydrogen-bond acceptors (Lipinski definition) is 7. The number of halogens is 3. The van der Waals surface area contributed by atoms with E-state index >= 15 is 0 Å². The number of allylic oxidation sites excluding steroid dienone is 2. The quantitative estimate of drug-likeness (QED) is 0.145. The van der Waals surface area contributed by atoms with Crippen molar-refractivity contribution in [1.82, 2.24) is 4.90 Å². The summed E-state index contributed by atoms with van der Waals surface area (Å²) in [4.78, 5) is 17.6. The molecule has 1 unspecified atom stereocenters. The van der Waals surface area contributed by atoms with Crippen LogP contribution in [0.2, 0.25) is 0 Å². The fourth-order valence-electron chi connectivity index (χ4n) is 4.23. The smallest absolute Gasteiger partial charge is 0.419 e. The SMILES string of the molecule is CC/C=C(\N)N1CCCC1/C(=N/C(=C(\C)CC)c1ccc(OCCCCOC(C)=O)c(C(F)(F)F)c1)OC. The number of nitrogens with two attached hydrogens (primary N) is 1. The van der Waals surface area contributed by atoms with Gasteiger partial charge in [-0.2, -0.15) is 13.2 Å². The van der Waals surface area contributed by atoms with Gasteiger partial charge in [0.2, 0.25) is 5.90 Å². The number of esters is 1. The van der Waals surface area contributed by atoms with E-state index in [2.05, 4.69) is 0 Å². The summed E-state index contributed by atoms with van der Waals surface area (Å²) in [6.45, 7) is 8.11. The maximum absolute atomic E-state index is 14.0. The number of carbonyl (C=O) groups excluding carboxylic acids is 1. The summed E-state index contributed by atoms with van der Waals surface area (Å²) in [5, 5.41) is 0. The minimum absolute atomic E-state index is 0.0660. The lowest BCUT2D eigenvalue weighted by Crippen LogP contribution is -2.39. The standard InChI is InChI=1S/C28H40F3N3O4/c1-6-11-25(32)34-15-10-12-23(34)27(36-5)33-26(19(3)7-2)21-13-14-24(22(18-21)28(29,30)31)38-17-9-8-16-37-20(4)35/h11,13-14,18,23H,6-10,12,15-17,32H2,1-5H3/b25-11+,26-19+,33-27-. The number of aliphatic imine (C=N–C) groups is 1. The third-order valence-electron chi connectivity index (χ3n) is 6.31. The molecule has 2 rings (SSSR count). The average molecular weight is 540 g/mol. The van der Waals surface area contributed by atoms with Crippen LogP contribution in [0.3, 0.4) is 0 Å². The molecule has 1 atom stereocenters. The predicted octanol–water partition coefficient (Wildman–Crippen LogP) is 6.29. The molecule has 1 aliphatic heterocycles. The molecule has 0 bridgehead atoms. The number of methoxy groups -OCH3 is 1. The highest BCUT2D eigenvalue weighted by molar-refractivity contribution is 5.89. The second kappa shape index (κ2) is 14.7. The lowest BCUT2D eigenvalue weighted by atomic mass is 10.0. The Kier molecular flexibility index (Phi) is 12.0. The second-order valence-corrected chi connectivity index (χ2v) is 9.13. The van der Waals surface area contributed by atoms with Crippen LogP contribution in [0.25, 0.3) is 5.70 Å². The van der Waals surface area contributed by atoms with Gasteiger partial charge in [-0.1, -0.05) is 13.8 Å². The number of unbranched alkanes of at least 4 members (excludes halogenated alkanes) is 1. The number of hydrogen-bond donors (Lipinski definition) is 1. The monoisotopic (exact) mass is 539 g/mol. The van der Waals surface area contributed by atoms with Crippen LogP contribution >= 0.6 is 0 Å². The van der Waals surface area contributed by atoms with Crippen molar-refractivity contribution in [2.24, 2.45) is 10.7 Å². The van der Waals surface area contributed by atoms with Crippen LogP contribution < -0.4 is 10.5 Å². The van der Waals surface area contributed by atoms with Gasteiger partial charge in [0.25, 0.3) is 0 Å². The molecule has 212 valence electrons. The molecule has 7 nitrogen and oxygen atoms in total. The van der Waals surface area contributed by atoms with Gasteiger partial charge in [-0.25, -0.2) is 4.99 Å². The first-order chi connectivity index (χ1) is 18.0. The van der Waals surface area contributed by atoms with E-state index in [1.165, 1.54) is 20.1 Å². The zero-order valence-corrected chi connectivity index (χ0v) is 23.0. The molecule has 38 heavy (non-hydrogen) atoms. The molecule has 0 radical (unpaired) electrons. The summed E-state index contributed by atoms with van der Waals surface area (Å²) in [5.41, 5.74) is 6.99. The van der Waals surface area contributed by atoms with Gasteiger partial charge < -0.3 is 24.8 Å². The molecule has 1 fully saturated rings. The van der Waals surface area contributed by atoms with Crippen molar-refractivity contribution < 1.29 is 32.2 Å². The van der Waals surface area contributed by atoms with Crippen molar-refractivity contribution in [2.75, 3.05) is 26.9 Å². The Morgan fingerprint density at radius 3 is 2.53 bits per heavy atom. The highest BCUT2D eigenvalue weighted by Crippen LogP contribution is 2.39. The number of alkyl halides is 3. The van der Waals surface area contributed by atoms with E-state index in [1.54, 1.807) is 6.07 Å². The molecular formula is C28H40F3N3O4. The van der Waals surface area contributed by atoms with E-state index < -0.39 is 17.7 Å². The molecule has 0 amide bonds. The van der Waals surface area contributed by atoms with Gasteiger partial charge in [0.15, 0.2) is 0 Å². The normalized spacial score (nSPS) is 17.4. The average Bonchev–Trinajstić information content (AvgIpc) is 3.36. The van der Waals surface area contributed by atoms with Crippen LogP contribution in [0, 0.1) is 0 Å². The van der Waals surface area contributed by atoms with Crippen LogP contribution in [0.5, 0.6) is 5.75 Å². The minimum Gasteiger partial charge on any atom is -0.493 e. The number of carbonyl (C=O) groups is 1. The van der Waals surface area contributed by atoms with Crippen molar-refractivity contribution in [3.8, 4) is 5.75 Å². The van der Waals surface area contributed by atoms with Crippen molar-refractivity contribution in [1.29, 1.82) is 0 Å². The maximum atomic E-state index is 14.0. The van der Waals surface area contributed by atoms with E-state index in [9.17, 15) is 18.0 Å². The van der Waals surface area contributed by atoms with E-state index in [0.717, 1.165) is 37.4 Å². The van der Waals surface area contributed by atoms with Crippen LogP contribution in [-0.4, -0.2) is 49.7 Å². The fourth-order valence-corrected chi connectivity index (χ4v) is 4.23. The molecule has 1 aromatic carbocycles. The van der Waals surface area contributed by atoms with E-state index in [0.29, 0.717) is 42.2 Å². The molecule has 0 saturated carbocycles. The molecule has 1 aliphatic rings. The maximum Gasteiger partial charge on any atom is 0.419 e. The Balaban J connectivity index is 2.39. The summed E-state index contributed by atoms with van der Waals surface area (Å²) in [6.07, 6.45) is 1.32. The van der Waals surface area contributed by atoms with E-state index in [1.807, 2.05) is 31.7 Å². The molecule has 1 heterocycles. The zero-order chi connectivity index (χ0) is 28.3. The number of likely N-dealkylation sites (tertiary alicyclic amines) is 1. The Bertz CT molecular complexity index is 1030. The third-order valence-corrected chi connectivity index (χ3v) is 6.31. The van der Waals surface area contributed by atoms with Crippen LogP contribution in [-0.2, 0) is 20.4 Å². The van der Waals surface area contributed by atoms with Gasteiger partial charge >= 0.3 is 12.1 Å². The van der Waals surface area contributed by atoms with Crippen LogP contribution in [0.4, 0.5) is 13.2 Å². The van der Waals surface area contributed by atoms with E-state index in [-0.39, 0.29) is 25.0 Å².